The normalized spacial score (nSPS) is 10.4. The molecule has 0 fully saturated rings. The summed E-state index contributed by atoms with van der Waals surface area (Å²) >= 11 is 11.9. The van der Waals surface area contributed by atoms with Gasteiger partial charge in [-0.2, -0.15) is 0 Å². The standard InChI is InChI=1S/C11H7Cl2NO2/c1-16-11(15)7-2-3-14-10-8(7)4-6(12)5-9(10)13/h2-5H,1H3. The zero-order valence-electron chi connectivity index (χ0n) is 8.33. The summed E-state index contributed by atoms with van der Waals surface area (Å²) in [6.07, 6.45) is 1.51. The number of esters is 1. The summed E-state index contributed by atoms with van der Waals surface area (Å²) in [5.74, 6) is -0.439. The Bertz CT molecular complexity index is 569. The van der Waals surface area contributed by atoms with Crippen molar-refractivity contribution in [1.29, 1.82) is 0 Å². The van der Waals surface area contributed by atoms with Crippen molar-refractivity contribution >= 4 is 40.1 Å². The molecule has 0 radical (unpaired) electrons. The lowest BCUT2D eigenvalue weighted by molar-refractivity contribution is 0.0603. The Balaban J connectivity index is 2.81. The van der Waals surface area contributed by atoms with E-state index < -0.39 is 5.97 Å². The minimum absolute atomic E-state index is 0.400. The predicted octanol–water partition coefficient (Wildman–Crippen LogP) is 3.33. The van der Waals surface area contributed by atoms with E-state index >= 15 is 0 Å². The SMILES string of the molecule is COC(=O)c1ccnc2c(Cl)cc(Cl)cc12. The van der Waals surface area contributed by atoms with Crippen LogP contribution in [0.15, 0.2) is 24.4 Å². The molecule has 1 aromatic carbocycles. The largest absolute Gasteiger partial charge is 0.465 e. The lowest BCUT2D eigenvalue weighted by Gasteiger charge is -2.05. The second kappa shape index (κ2) is 4.28. The van der Waals surface area contributed by atoms with Gasteiger partial charge >= 0.3 is 5.97 Å². The fraction of sp³-hybridized carbons (Fsp3) is 0.0909. The van der Waals surface area contributed by atoms with E-state index in [1.165, 1.54) is 13.3 Å². The highest BCUT2D eigenvalue weighted by Crippen LogP contribution is 2.28. The first kappa shape index (κ1) is 11.2. The quantitative estimate of drug-likeness (QED) is 0.734. The van der Waals surface area contributed by atoms with Crippen LogP contribution in [0.3, 0.4) is 0 Å². The summed E-state index contributed by atoms with van der Waals surface area (Å²) in [7, 11) is 1.32. The van der Waals surface area contributed by atoms with Crippen molar-refractivity contribution in [3.63, 3.8) is 0 Å². The monoisotopic (exact) mass is 255 g/mol. The van der Waals surface area contributed by atoms with Crippen LogP contribution in [-0.4, -0.2) is 18.1 Å². The average Bonchev–Trinajstić information content (AvgIpc) is 2.27. The molecule has 0 atom stereocenters. The summed E-state index contributed by atoms with van der Waals surface area (Å²) in [5.41, 5.74) is 0.936. The molecular formula is C11H7Cl2NO2. The summed E-state index contributed by atoms with van der Waals surface area (Å²) in [6.45, 7) is 0. The number of pyridine rings is 1. The number of fused-ring (bicyclic) bond motifs is 1. The van der Waals surface area contributed by atoms with Gasteiger partial charge in [0.2, 0.25) is 0 Å². The Morgan fingerprint density at radius 1 is 1.38 bits per heavy atom. The molecule has 3 nitrogen and oxygen atoms in total. The van der Waals surface area contributed by atoms with Crippen molar-refractivity contribution in [3.05, 3.63) is 40.0 Å². The molecule has 0 saturated heterocycles. The molecule has 5 heteroatoms. The van der Waals surface area contributed by atoms with E-state index in [-0.39, 0.29) is 0 Å². The number of ether oxygens (including phenoxy) is 1. The van der Waals surface area contributed by atoms with Gasteiger partial charge in [-0.05, 0) is 18.2 Å². The number of methoxy groups -OCH3 is 1. The van der Waals surface area contributed by atoms with E-state index in [2.05, 4.69) is 9.72 Å². The smallest absolute Gasteiger partial charge is 0.338 e. The van der Waals surface area contributed by atoms with Crippen LogP contribution in [-0.2, 0) is 4.74 Å². The van der Waals surface area contributed by atoms with Gasteiger partial charge in [-0.3, -0.25) is 4.98 Å². The molecule has 16 heavy (non-hydrogen) atoms. The topological polar surface area (TPSA) is 39.2 Å². The highest BCUT2D eigenvalue weighted by Gasteiger charge is 2.13. The summed E-state index contributed by atoms with van der Waals surface area (Å²) in [5, 5.41) is 1.45. The molecule has 0 N–H and O–H groups in total. The van der Waals surface area contributed by atoms with Crippen LogP contribution in [0.5, 0.6) is 0 Å². The van der Waals surface area contributed by atoms with Crippen molar-refractivity contribution in [2.75, 3.05) is 7.11 Å². The van der Waals surface area contributed by atoms with Gasteiger partial charge in [-0.1, -0.05) is 23.2 Å². The molecule has 0 aliphatic carbocycles. The van der Waals surface area contributed by atoms with Gasteiger partial charge in [-0.25, -0.2) is 4.79 Å². The molecule has 2 rings (SSSR count). The van der Waals surface area contributed by atoms with Crippen LogP contribution in [0.25, 0.3) is 10.9 Å². The molecule has 0 spiro atoms. The minimum atomic E-state index is -0.439. The maximum absolute atomic E-state index is 11.5. The van der Waals surface area contributed by atoms with Crippen LogP contribution in [0, 0.1) is 0 Å². The molecule has 2 aromatic rings. The Morgan fingerprint density at radius 2 is 2.12 bits per heavy atom. The second-order valence-electron chi connectivity index (χ2n) is 3.13. The van der Waals surface area contributed by atoms with Crippen LogP contribution < -0.4 is 0 Å². The molecule has 0 aliphatic rings. The maximum Gasteiger partial charge on any atom is 0.338 e. The molecule has 0 saturated carbocycles. The Kier molecular flexibility index (Phi) is 2.99. The van der Waals surface area contributed by atoms with Crippen LogP contribution >= 0.6 is 23.2 Å². The highest BCUT2D eigenvalue weighted by atomic mass is 35.5. The first-order chi connectivity index (χ1) is 7.63. The number of hydrogen-bond donors (Lipinski definition) is 0. The molecule has 0 bridgehead atoms. The lowest BCUT2D eigenvalue weighted by atomic mass is 10.1. The molecule has 82 valence electrons. The number of hydrogen-bond acceptors (Lipinski definition) is 3. The predicted molar refractivity (Wildman–Crippen MR) is 63.1 cm³/mol. The van der Waals surface area contributed by atoms with Crippen molar-refractivity contribution in [2.24, 2.45) is 0 Å². The number of benzene rings is 1. The number of rotatable bonds is 1. The summed E-state index contributed by atoms with van der Waals surface area (Å²) in [4.78, 5) is 15.6. The molecule has 0 unspecified atom stereocenters. The van der Waals surface area contributed by atoms with E-state index in [9.17, 15) is 4.79 Å². The average molecular weight is 256 g/mol. The van der Waals surface area contributed by atoms with Crippen molar-refractivity contribution in [2.45, 2.75) is 0 Å². The van der Waals surface area contributed by atoms with Gasteiger partial charge in [0.05, 0.1) is 23.2 Å². The molecular weight excluding hydrogens is 249 g/mol. The summed E-state index contributed by atoms with van der Waals surface area (Å²) < 4.78 is 4.67. The Hall–Kier alpha value is -1.32. The fourth-order valence-corrected chi connectivity index (χ4v) is 2.01. The summed E-state index contributed by atoms with van der Waals surface area (Å²) in [6, 6.07) is 4.79. The van der Waals surface area contributed by atoms with Gasteiger partial charge in [-0.15, -0.1) is 0 Å². The first-order valence-corrected chi connectivity index (χ1v) is 5.21. The zero-order valence-corrected chi connectivity index (χ0v) is 9.84. The van der Waals surface area contributed by atoms with E-state index in [1.807, 2.05) is 0 Å². The van der Waals surface area contributed by atoms with E-state index in [0.29, 0.717) is 26.5 Å². The second-order valence-corrected chi connectivity index (χ2v) is 3.98. The van der Waals surface area contributed by atoms with Gasteiger partial charge < -0.3 is 4.74 Å². The fourth-order valence-electron chi connectivity index (χ4n) is 1.47. The molecule has 0 amide bonds. The van der Waals surface area contributed by atoms with Crippen LogP contribution in [0.1, 0.15) is 10.4 Å². The molecule has 1 aromatic heterocycles. The van der Waals surface area contributed by atoms with E-state index in [1.54, 1.807) is 18.2 Å². The third kappa shape index (κ3) is 1.84. The number of carbonyl (C=O) groups is 1. The minimum Gasteiger partial charge on any atom is -0.465 e. The third-order valence-corrected chi connectivity index (χ3v) is 2.67. The Labute approximate surface area is 102 Å². The van der Waals surface area contributed by atoms with E-state index in [0.717, 1.165) is 0 Å². The van der Waals surface area contributed by atoms with E-state index in [4.69, 9.17) is 23.2 Å². The van der Waals surface area contributed by atoms with Crippen LogP contribution in [0.2, 0.25) is 10.0 Å². The first-order valence-electron chi connectivity index (χ1n) is 4.45. The van der Waals surface area contributed by atoms with Crippen molar-refractivity contribution in [1.82, 2.24) is 4.98 Å². The van der Waals surface area contributed by atoms with Gasteiger partial charge in [0.15, 0.2) is 0 Å². The maximum atomic E-state index is 11.5. The molecule has 0 aliphatic heterocycles. The number of nitrogens with zero attached hydrogens (tertiary/aromatic N) is 1. The van der Waals surface area contributed by atoms with Crippen molar-refractivity contribution in [3.8, 4) is 0 Å². The van der Waals surface area contributed by atoms with Crippen LogP contribution in [0.4, 0.5) is 0 Å². The highest BCUT2D eigenvalue weighted by molar-refractivity contribution is 6.38. The number of halogens is 2. The third-order valence-electron chi connectivity index (χ3n) is 2.17. The number of carbonyl (C=O) groups excluding carboxylic acids is 1. The Morgan fingerprint density at radius 3 is 2.81 bits per heavy atom. The van der Waals surface area contributed by atoms with Gasteiger partial charge in [0.1, 0.15) is 0 Å². The van der Waals surface area contributed by atoms with Crippen molar-refractivity contribution < 1.29 is 9.53 Å². The van der Waals surface area contributed by atoms with Gasteiger partial charge in [0, 0.05) is 16.6 Å². The number of aromatic nitrogens is 1. The lowest BCUT2D eigenvalue weighted by Crippen LogP contribution is -2.02. The molecule has 1 heterocycles. The van der Waals surface area contributed by atoms with Gasteiger partial charge in [0.25, 0.3) is 0 Å². The zero-order chi connectivity index (χ0) is 11.7.